The van der Waals surface area contributed by atoms with E-state index in [-0.39, 0.29) is 17.8 Å². The van der Waals surface area contributed by atoms with Crippen LogP contribution in [-0.4, -0.2) is 31.5 Å². The van der Waals surface area contributed by atoms with Crippen LogP contribution in [0.1, 0.15) is 30.9 Å². The second kappa shape index (κ2) is 8.05. The third-order valence-corrected chi connectivity index (χ3v) is 5.20. The van der Waals surface area contributed by atoms with Crippen molar-refractivity contribution >= 4 is 5.97 Å². The van der Waals surface area contributed by atoms with Crippen LogP contribution in [0.5, 0.6) is 0 Å². The van der Waals surface area contributed by atoms with E-state index in [1.807, 2.05) is 36.4 Å². The molecule has 26 heavy (non-hydrogen) atoms. The fourth-order valence-corrected chi connectivity index (χ4v) is 3.65. The van der Waals surface area contributed by atoms with Crippen LogP contribution < -0.4 is 0 Å². The topological polar surface area (TPSA) is 29.5 Å². The third kappa shape index (κ3) is 4.34. The molecule has 0 amide bonds. The minimum Gasteiger partial charge on any atom is -0.453 e. The summed E-state index contributed by atoms with van der Waals surface area (Å²) >= 11 is 0. The number of carbonyl (C=O) groups excluding carboxylic acids is 1. The van der Waals surface area contributed by atoms with Crippen molar-refractivity contribution in [3.63, 3.8) is 0 Å². The van der Waals surface area contributed by atoms with Gasteiger partial charge in [-0.15, -0.1) is 0 Å². The Bertz CT molecular complexity index is 710. The number of carbonyl (C=O) groups is 1. The van der Waals surface area contributed by atoms with Crippen LogP contribution in [0, 0.1) is 11.8 Å². The molecule has 0 aliphatic heterocycles. The summed E-state index contributed by atoms with van der Waals surface area (Å²) in [7, 11) is 4.13. The second-order valence-electron chi connectivity index (χ2n) is 7.78. The highest BCUT2D eigenvalue weighted by Crippen LogP contribution is 2.41. The van der Waals surface area contributed by atoms with E-state index in [0.29, 0.717) is 6.42 Å². The third-order valence-electron chi connectivity index (χ3n) is 5.20. The van der Waals surface area contributed by atoms with Gasteiger partial charge in [0.2, 0.25) is 0 Å². The van der Waals surface area contributed by atoms with E-state index in [9.17, 15) is 4.79 Å². The zero-order valence-electron chi connectivity index (χ0n) is 16.0. The molecule has 0 heterocycles. The molecule has 0 saturated heterocycles. The molecule has 1 fully saturated rings. The first-order valence-corrected chi connectivity index (χ1v) is 9.48. The lowest BCUT2D eigenvalue weighted by Crippen LogP contribution is -2.45. The highest BCUT2D eigenvalue weighted by atomic mass is 16.6. The molecule has 0 bridgehead atoms. The van der Waals surface area contributed by atoms with Crippen LogP contribution in [0.4, 0.5) is 0 Å². The molecular formula is C23H29NO2. The molecule has 0 N–H and O–H groups in total. The van der Waals surface area contributed by atoms with Crippen molar-refractivity contribution in [2.24, 2.45) is 11.8 Å². The Hall–Kier alpha value is -2.13. The molecular weight excluding hydrogens is 322 g/mol. The van der Waals surface area contributed by atoms with Gasteiger partial charge in [-0.1, -0.05) is 67.6 Å². The van der Waals surface area contributed by atoms with Gasteiger partial charge in [-0.05, 0) is 38.1 Å². The van der Waals surface area contributed by atoms with E-state index in [4.69, 9.17) is 4.74 Å². The maximum atomic E-state index is 12.7. The summed E-state index contributed by atoms with van der Waals surface area (Å²) in [6.45, 7) is 3.04. The first-order valence-electron chi connectivity index (χ1n) is 9.48. The quantitative estimate of drug-likeness (QED) is 0.665. The number of rotatable bonds is 8. The van der Waals surface area contributed by atoms with Gasteiger partial charge in [0, 0.05) is 18.9 Å². The summed E-state index contributed by atoms with van der Waals surface area (Å²) < 4.78 is 6.35. The molecule has 0 aromatic heterocycles. The van der Waals surface area contributed by atoms with Crippen LogP contribution >= 0.6 is 0 Å². The van der Waals surface area contributed by atoms with Gasteiger partial charge in [0.25, 0.3) is 0 Å². The van der Waals surface area contributed by atoms with Crippen LogP contribution in [0.25, 0.3) is 0 Å². The minimum atomic E-state index is -0.660. The van der Waals surface area contributed by atoms with Crippen molar-refractivity contribution in [1.82, 2.24) is 4.90 Å². The number of esters is 1. The number of benzene rings is 2. The van der Waals surface area contributed by atoms with E-state index in [1.54, 1.807) is 0 Å². The Morgan fingerprint density at radius 3 is 2.19 bits per heavy atom. The van der Waals surface area contributed by atoms with Gasteiger partial charge in [-0.25, -0.2) is 0 Å². The van der Waals surface area contributed by atoms with Gasteiger partial charge in [0.05, 0.1) is 5.92 Å². The molecule has 2 atom stereocenters. The first kappa shape index (κ1) is 18.7. The molecule has 3 nitrogen and oxygen atoms in total. The fraction of sp³-hybridized carbons (Fsp3) is 0.435. The van der Waals surface area contributed by atoms with Crippen LogP contribution in [0.2, 0.25) is 0 Å². The maximum absolute atomic E-state index is 12.7. The minimum absolute atomic E-state index is 0.0459. The van der Waals surface area contributed by atoms with Crippen LogP contribution in [0.3, 0.4) is 0 Å². The lowest BCUT2D eigenvalue weighted by atomic mass is 9.77. The van der Waals surface area contributed by atoms with Gasteiger partial charge in [0.15, 0.2) is 0 Å². The molecule has 138 valence electrons. The van der Waals surface area contributed by atoms with Crippen molar-refractivity contribution < 1.29 is 9.53 Å². The number of hydrogen-bond donors (Lipinski definition) is 0. The van der Waals surface area contributed by atoms with Gasteiger partial charge < -0.3 is 9.64 Å². The average Bonchev–Trinajstić information content (AvgIpc) is 3.47. The van der Waals surface area contributed by atoms with E-state index >= 15 is 0 Å². The summed E-state index contributed by atoms with van der Waals surface area (Å²) in [6.07, 6.45) is 2.60. The maximum Gasteiger partial charge on any atom is 0.309 e. The van der Waals surface area contributed by atoms with E-state index in [2.05, 4.69) is 50.2 Å². The first-order chi connectivity index (χ1) is 12.5. The molecule has 1 aliphatic rings. The SMILES string of the molecule is CC(CN(C)C)C(Cc1ccccc1)(OC(=O)C1CC1)c1ccccc1. The van der Waals surface area contributed by atoms with Gasteiger partial charge in [0.1, 0.15) is 5.60 Å². The van der Waals surface area contributed by atoms with Crippen molar-refractivity contribution in [1.29, 1.82) is 0 Å². The summed E-state index contributed by atoms with van der Waals surface area (Å²) in [4.78, 5) is 14.9. The summed E-state index contributed by atoms with van der Waals surface area (Å²) in [5.74, 6) is 0.193. The largest absolute Gasteiger partial charge is 0.453 e. The Balaban J connectivity index is 2.03. The van der Waals surface area contributed by atoms with Crippen molar-refractivity contribution in [2.75, 3.05) is 20.6 Å². The number of ether oxygens (including phenoxy) is 1. The van der Waals surface area contributed by atoms with E-state index in [0.717, 1.165) is 24.9 Å². The number of nitrogens with zero attached hydrogens (tertiary/aromatic N) is 1. The van der Waals surface area contributed by atoms with Gasteiger partial charge in [-0.2, -0.15) is 0 Å². The molecule has 0 radical (unpaired) electrons. The monoisotopic (exact) mass is 351 g/mol. The van der Waals surface area contributed by atoms with Gasteiger partial charge >= 0.3 is 5.97 Å². The molecule has 3 heteroatoms. The highest BCUT2D eigenvalue weighted by molar-refractivity contribution is 5.75. The molecule has 0 spiro atoms. The fourth-order valence-electron chi connectivity index (χ4n) is 3.65. The van der Waals surface area contributed by atoms with Crippen molar-refractivity contribution in [2.45, 2.75) is 31.8 Å². The van der Waals surface area contributed by atoms with Crippen LogP contribution in [-0.2, 0) is 21.6 Å². The Morgan fingerprint density at radius 2 is 1.65 bits per heavy atom. The zero-order valence-corrected chi connectivity index (χ0v) is 16.0. The van der Waals surface area contributed by atoms with E-state index in [1.165, 1.54) is 5.56 Å². The summed E-state index contributed by atoms with van der Waals surface area (Å²) in [5, 5.41) is 0. The molecule has 2 unspecified atom stereocenters. The molecule has 3 rings (SSSR count). The highest BCUT2D eigenvalue weighted by Gasteiger charge is 2.45. The Labute approximate surface area is 157 Å². The van der Waals surface area contributed by atoms with Crippen molar-refractivity contribution in [3.05, 3.63) is 71.8 Å². The molecule has 1 aliphatic carbocycles. The summed E-state index contributed by atoms with van der Waals surface area (Å²) in [6, 6.07) is 20.6. The predicted octanol–water partition coefficient (Wildman–Crippen LogP) is 4.28. The van der Waals surface area contributed by atoms with Gasteiger partial charge in [-0.3, -0.25) is 4.79 Å². The molecule has 1 saturated carbocycles. The molecule has 2 aromatic carbocycles. The predicted molar refractivity (Wildman–Crippen MR) is 105 cm³/mol. The average molecular weight is 351 g/mol. The van der Waals surface area contributed by atoms with Crippen molar-refractivity contribution in [3.8, 4) is 0 Å². The Kier molecular flexibility index (Phi) is 5.77. The smallest absolute Gasteiger partial charge is 0.309 e. The molecule has 2 aromatic rings. The zero-order chi connectivity index (χ0) is 18.6. The Morgan fingerprint density at radius 1 is 1.08 bits per heavy atom. The summed E-state index contributed by atoms with van der Waals surface area (Å²) in [5.41, 5.74) is 1.60. The lowest BCUT2D eigenvalue weighted by molar-refractivity contribution is -0.170. The standard InChI is InChI=1S/C23H29NO2/c1-18(17-24(2)3)23(21-12-8-5-9-13-21,26-22(25)20-14-15-20)16-19-10-6-4-7-11-19/h4-13,18,20H,14-17H2,1-3H3. The lowest BCUT2D eigenvalue weighted by Gasteiger charge is -2.40. The second-order valence-corrected chi connectivity index (χ2v) is 7.78. The van der Waals surface area contributed by atoms with E-state index < -0.39 is 5.60 Å². The normalized spacial score (nSPS) is 17.5. The van der Waals surface area contributed by atoms with Crippen LogP contribution in [0.15, 0.2) is 60.7 Å². The number of hydrogen-bond acceptors (Lipinski definition) is 3.